The quantitative estimate of drug-likeness (QED) is 0.840. The maximum atomic E-state index is 13.2. The molecule has 0 radical (unpaired) electrons. The van der Waals surface area contributed by atoms with Crippen molar-refractivity contribution in [1.29, 1.82) is 0 Å². The van der Waals surface area contributed by atoms with E-state index in [0.717, 1.165) is 36.9 Å². The van der Waals surface area contributed by atoms with Crippen LogP contribution in [-0.2, 0) is 21.6 Å². The van der Waals surface area contributed by atoms with Crippen molar-refractivity contribution in [2.75, 3.05) is 13.1 Å². The highest BCUT2D eigenvalue weighted by molar-refractivity contribution is 5.91. The highest BCUT2D eigenvalue weighted by Crippen LogP contribution is 2.50. The second-order valence-electron chi connectivity index (χ2n) is 6.92. The number of carbonyl (C=O) groups is 1. The molecular weight excluding hydrogens is 319 g/mol. The Morgan fingerprint density at radius 2 is 1.92 bits per heavy atom. The zero-order chi connectivity index (χ0) is 17.3. The molecule has 2 aliphatic rings. The summed E-state index contributed by atoms with van der Waals surface area (Å²) in [5.74, 6) is -0.105. The van der Waals surface area contributed by atoms with Crippen LogP contribution in [0.5, 0.6) is 0 Å². The predicted octanol–water partition coefficient (Wildman–Crippen LogP) is 3.07. The number of halogens is 1. The SMILES string of the molecule is O=C(N1CCC(OCc2ccncc2)C1)C1(c2ccc(F)cc2)CC1. The molecular formula is C20H21FN2O2. The number of ether oxygens (including phenoxy) is 1. The van der Waals surface area contributed by atoms with Crippen LogP contribution >= 0.6 is 0 Å². The van der Waals surface area contributed by atoms with Gasteiger partial charge >= 0.3 is 0 Å². The molecule has 2 aromatic rings. The summed E-state index contributed by atoms with van der Waals surface area (Å²) in [6.45, 7) is 1.90. The van der Waals surface area contributed by atoms with Crippen LogP contribution in [0, 0.1) is 5.82 Å². The number of nitrogens with zero attached hydrogens (tertiary/aromatic N) is 2. The van der Waals surface area contributed by atoms with E-state index in [9.17, 15) is 9.18 Å². The first-order valence-electron chi connectivity index (χ1n) is 8.73. The van der Waals surface area contributed by atoms with Gasteiger partial charge in [-0.3, -0.25) is 9.78 Å². The number of rotatable bonds is 5. The highest BCUT2D eigenvalue weighted by atomic mass is 19.1. The van der Waals surface area contributed by atoms with Gasteiger partial charge in [0.15, 0.2) is 0 Å². The monoisotopic (exact) mass is 340 g/mol. The van der Waals surface area contributed by atoms with Crippen molar-refractivity contribution in [2.24, 2.45) is 0 Å². The van der Waals surface area contributed by atoms with Crippen molar-refractivity contribution in [2.45, 2.75) is 37.4 Å². The van der Waals surface area contributed by atoms with Crippen LogP contribution in [0.3, 0.4) is 0 Å². The van der Waals surface area contributed by atoms with E-state index in [1.165, 1.54) is 12.1 Å². The van der Waals surface area contributed by atoms with Crippen LogP contribution in [0.2, 0.25) is 0 Å². The summed E-state index contributed by atoms with van der Waals surface area (Å²) in [5, 5.41) is 0. The largest absolute Gasteiger partial charge is 0.372 e. The summed E-state index contributed by atoms with van der Waals surface area (Å²) in [5.41, 5.74) is 1.58. The van der Waals surface area contributed by atoms with Crippen molar-refractivity contribution in [3.05, 3.63) is 65.7 Å². The summed E-state index contributed by atoms with van der Waals surface area (Å²) < 4.78 is 19.1. The third-order valence-corrected chi connectivity index (χ3v) is 5.22. The maximum absolute atomic E-state index is 13.2. The van der Waals surface area contributed by atoms with Gasteiger partial charge in [0.2, 0.25) is 5.91 Å². The van der Waals surface area contributed by atoms with Gasteiger partial charge in [0.05, 0.1) is 18.1 Å². The molecule has 1 saturated carbocycles. The van der Waals surface area contributed by atoms with Crippen LogP contribution in [0.25, 0.3) is 0 Å². The molecule has 4 rings (SSSR count). The number of aromatic nitrogens is 1. The molecule has 1 aliphatic carbocycles. The molecule has 2 fully saturated rings. The van der Waals surface area contributed by atoms with Gasteiger partial charge in [0.25, 0.3) is 0 Å². The Kier molecular flexibility index (Phi) is 4.25. The van der Waals surface area contributed by atoms with Crippen LogP contribution in [-0.4, -0.2) is 35.0 Å². The molecule has 0 bridgehead atoms. The molecule has 0 N–H and O–H groups in total. The zero-order valence-corrected chi connectivity index (χ0v) is 14.0. The van der Waals surface area contributed by atoms with Gasteiger partial charge in [-0.1, -0.05) is 12.1 Å². The molecule has 1 amide bonds. The molecule has 1 unspecified atom stereocenters. The van der Waals surface area contributed by atoms with Gasteiger partial charge in [-0.25, -0.2) is 4.39 Å². The average molecular weight is 340 g/mol. The zero-order valence-electron chi connectivity index (χ0n) is 14.0. The van der Waals surface area contributed by atoms with E-state index >= 15 is 0 Å². The van der Waals surface area contributed by atoms with E-state index in [4.69, 9.17) is 4.74 Å². The van der Waals surface area contributed by atoms with Gasteiger partial charge < -0.3 is 9.64 Å². The molecule has 1 aliphatic heterocycles. The Morgan fingerprint density at radius 1 is 1.20 bits per heavy atom. The highest BCUT2D eigenvalue weighted by Gasteiger charge is 2.53. The lowest BCUT2D eigenvalue weighted by atomic mass is 9.94. The molecule has 1 atom stereocenters. The molecule has 1 saturated heterocycles. The fraction of sp³-hybridized carbons (Fsp3) is 0.400. The lowest BCUT2D eigenvalue weighted by molar-refractivity contribution is -0.133. The molecule has 1 aromatic heterocycles. The smallest absolute Gasteiger partial charge is 0.233 e. The van der Waals surface area contributed by atoms with Crippen LogP contribution in [0.4, 0.5) is 4.39 Å². The van der Waals surface area contributed by atoms with E-state index < -0.39 is 5.41 Å². The number of benzene rings is 1. The van der Waals surface area contributed by atoms with Gasteiger partial charge in [-0.15, -0.1) is 0 Å². The fourth-order valence-electron chi connectivity index (χ4n) is 3.56. The summed E-state index contributed by atoms with van der Waals surface area (Å²) in [4.78, 5) is 18.9. The first-order valence-corrected chi connectivity index (χ1v) is 8.73. The standard InChI is InChI=1S/C20H21FN2O2/c21-17-3-1-16(2-4-17)20(8-9-20)19(24)23-12-7-18(13-23)25-14-15-5-10-22-11-6-15/h1-6,10-11,18H,7-9,12-14H2. The minimum absolute atomic E-state index is 0.0705. The Bertz CT molecular complexity index is 744. The van der Waals surface area contributed by atoms with E-state index in [0.29, 0.717) is 13.2 Å². The first kappa shape index (κ1) is 16.2. The Hall–Kier alpha value is -2.27. The first-order chi connectivity index (χ1) is 12.2. The summed E-state index contributed by atoms with van der Waals surface area (Å²) in [7, 11) is 0. The molecule has 4 nitrogen and oxygen atoms in total. The van der Waals surface area contributed by atoms with E-state index in [1.807, 2.05) is 17.0 Å². The molecule has 1 aromatic carbocycles. The minimum atomic E-state index is -0.437. The lowest BCUT2D eigenvalue weighted by Gasteiger charge is -2.23. The normalized spacial score (nSPS) is 21.3. The second-order valence-corrected chi connectivity index (χ2v) is 6.92. The second kappa shape index (κ2) is 6.56. The summed E-state index contributed by atoms with van der Waals surface area (Å²) >= 11 is 0. The van der Waals surface area contributed by atoms with Crippen molar-refractivity contribution in [3.8, 4) is 0 Å². The lowest BCUT2D eigenvalue weighted by Crippen LogP contribution is -2.38. The van der Waals surface area contributed by atoms with Gasteiger partial charge in [-0.2, -0.15) is 0 Å². The summed E-state index contributed by atoms with van der Waals surface area (Å²) in [6, 6.07) is 10.2. The number of likely N-dealkylation sites (tertiary alicyclic amines) is 1. The van der Waals surface area contributed by atoms with Crippen molar-refractivity contribution < 1.29 is 13.9 Å². The average Bonchev–Trinajstić information content (AvgIpc) is 3.32. The molecule has 0 spiro atoms. The van der Waals surface area contributed by atoms with Crippen molar-refractivity contribution in [1.82, 2.24) is 9.88 Å². The van der Waals surface area contributed by atoms with Gasteiger partial charge in [0.1, 0.15) is 5.82 Å². The van der Waals surface area contributed by atoms with Gasteiger partial charge in [0, 0.05) is 25.5 Å². The maximum Gasteiger partial charge on any atom is 0.233 e. The minimum Gasteiger partial charge on any atom is -0.372 e. The number of amides is 1. The predicted molar refractivity (Wildman–Crippen MR) is 91.3 cm³/mol. The molecule has 2 heterocycles. The molecule has 5 heteroatoms. The third-order valence-electron chi connectivity index (χ3n) is 5.22. The van der Waals surface area contributed by atoms with Crippen molar-refractivity contribution in [3.63, 3.8) is 0 Å². The Morgan fingerprint density at radius 3 is 2.60 bits per heavy atom. The van der Waals surface area contributed by atoms with Gasteiger partial charge in [-0.05, 0) is 54.7 Å². The van der Waals surface area contributed by atoms with Crippen LogP contribution in [0.15, 0.2) is 48.8 Å². The number of pyridine rings is 1. The molecule has 25 heavy (non-hydrogen) atoms. The van der Waals surface area contributed by atoms with Crippen molar-refractivity contribution >= 4 is 5.91 Å². The topological polar surface area (TPSA) is 42.4 Å². The Labute approximate surface area is 146 Å². The number of hydrogen-bond acceptors (Lipinski definition) is 3. The molecule has 130 valence electrons. The summed E-state index contributed by atoms with van der Waals surface area (Å²) in [6.07, 6.45) is 6.12. The number of carbonyl (C=O) groups excluding carboxylic acids is 1. The number of hydrogen-bond donors (Lipinski definition) is 0. The van der Waals surface area contributed by atoms with E-state index in [-0.39, 0.29) is 17.8 Å². The van der Waals surface area contributed by atoms with E-state index in [1.54, 1.807) is 24.5 Å². The van der Waals surface area contributed by atoms with E-state index in [2.05, 4.69) is 4.98 Å². The van der Waals surface area contributed by atoms with Crippen LogP contribution in [0.1, 0.15) is 30.4 Å². The van der Waals surface area contributed by atoms with Crippen LogP contribution < -0.4 is 0 Å². The third kappa shape index (κ3) is 3.29. The fourth-order valence-corrected chi connectivity index (χ4v) is 3.56. The Balaban J connectivity index is 1.36.